The number of aliphatic hydroxyl groups is 1. The van der Waals surface area contributed by atoms with Crippen molar-refractivity contribution in [2.24, 2.45) is 0 Å². The number of nitrogens with one attached hydrogen (secondary N) is 1. The first-order valence-corrected chi connectivity index (χ1v) is 9.16. The number of likely N-dealkylation sites (N-methyl/N-ethyl adjacent to an activating group) is 1. The molecule has 0 spiro atoms. The second-order valence-corrected chi connectivity index (χ2v) is 7.15. The number of nitrogens with zero attached hydrogens (tertiary/aromatic N) is 2. The zero-order chi connectivity index (χ0) is 18.0. The van der Waals surface area contributed by atoms with Gasteiger partial charge in [0.15, 0.2) is 0 Å². The first-order chi connectivity index (χ1) is 12.0. The van der Waals surface area contributed by atoms with Crippen LogP contribution in [0.1, 0.15) is 39.0 Å². The fourth-order valence-corrected chi connectivity index (χ4v) is 3.48. The van der Waals surface area contributed by atoms with Crippen LogP contribution in [-0.4, -0.2) is 47.3 Å². The number of pyridine rings is 1. The van der Waals surface area contributed by atoms with E-state index in [4.69, 9.17) is 9.72 Å². The summed E-state index contributed by atoms with van der Waals surface area (Å²) in [5, 5.41) is 15.0. The van der Waals surface area contributed by atoms with E-state index in [0.717, 1.165) is 40.9 Å². The molecule has 0 saturated heterocycles. The summed E-state index contributed by atoms with van der Waals surface area (Å²) >= 11 is 0. The van der Waals surface area contributed by atoms with Gasteiger partial charge in [-0.1, -0.05) is 32.0 Å². The number of para-hydroxylation sites is 1. The highest BCUT2D eigenvalue weighted by Crippen LogP contribution is 2.41. The van der Waals surface area contributed by atoms with E-state index < -0.39 is 6.10 Å². The molecule has 1 unspecified atom stereocenters. The largest absolute Gasteiger partial charge is 0.390 e. The van der Waals surface area contributed by atoms with Crippen molar-refractivity contribution in [2.75, 3.05) is 31.5 Å². The number of hydrogen-bond donors (Lipinski definition) is 2. The Morgan fingerprint density at radius 3 is 2.72 bits per heavy atom. The van der Waals surface area contributed by atoms with E-state index in [2.05, 4.69) is 44.0 Å². The van der Waals surface area contributed by atoms with E-state index in [0.29, 0.717) is 19.7 Å². The number of hydrogen-bond acceptors (Lipinski definition) is 5. The molecule has 25 heavy (non-hydrogen) atoms. The third-order valence-corrected chi connectivity index (χ3v) is 5.02. The van der Waals surface area contributed by atoms with E-state index in [1.54, 1.807) is 0 Å². The molecule has 136 valence electrons. The van der Waals surface area contributed by atoms with Gasteiger partial charge in [0, 0.05) is 24.0 Å². The van der Waals surface area contributed by atoms with E-state index in [1.807, 2.05) is 18.2 Å². The number of benzene rings is 1. The molecule has 0 fully saturated rings. The van der Waals surface area contributed by atoms with Crippen LogP contribution in [0.3, 0.4) is 0 Å². The van der Waals surface area contributed by atoms with Gasteiger partial charge < -0.3 is 20.1 Å². The van der Waals surface area contributed by atoms with Gasteiger partial charge in [0.05, 0.1) is 29.6 Å². The van der Waals surface area contributed by atoms with Crippen molar-refractivity contribution < 1.29 is 9.84 Å². The predicted molar refractivity (Wildman–Crippen MR) is 102 cm³/mol. The fraction of sp³-hybridized carbons (Fsp3) is 0.550. The molecular formula is C20H29N3O2. The standard InChI is InChI=1S/C20H29N3O2/c1-5-23(6-2)12-14(24)11-21-18-15-9-7-8-10-17(15)22-19-16(18)13-25-20(19,3)4/h7-10,14,24H,5-6,11-13H2,1-4H3,(H,21,22). The Morgan fingerprint density at radius 1 is 1.28 bits per heavy atom. The average Bonchev–Trinajstić information content (AvgIpc) is 2.91. The zero-order valence-corrected chi connectivity index (χ0v) is 15.7. The average molecular weight is 343 g/mol. The van der Waals surface area contributed by atoms with Crippen molar-refractivity contribution >= 4 is 16.6 Å². The summed E-state index contributed by atoms with van der Waals surface area (Å²) in [5.74, 6) is 0. The van der Waals surface area contributed by atoms with Crippen LogP contribution in [0.5, 0.6) is 0 Å². The molecule has 3 rings (SSSR count). The summed E-state index contributed by atoms with van der Waals surface area (Å²) in [4.78, 5) is 7.07. The Labute approximate surface area is 150 Å². The maximum Gasteiger partial charge on any atom is 0.105 e. The number of ether oxygens (including phenoxy) is 1. The Hall–Kier alpha value is -1.69. The Kier molecular flexibility index (Phi) is 5.27. The van der Waals surface area contributed by atoms with Crippen molar-refractivity contribution in [3.05, 3.63) is 35.5 Å². The third-order valence-electron chi connectivity index (χ3n) is 5.02. The molecule has 5 nitrogen and oxygen atoms in total. The molecule has 2 aromatic rings. The second kappa shape index (κ2) is 7.28. The lowest BCUT2D eigenvalue weighted by molar-refractivity contribution is -0.00990. The molecule has 0 bridgehead atoms. The van der Waals surface area contributed by atoms with Gasteiger partial charge in [-0.05, 0) is 33.0 Å². The minimum Gasteiger partial charge on any atom is -0.390 e. The van der Waals surface area contributed by atoms with Gasteiger partial charge in [0.1, 0.15) is 5.60 Å². The van der Waals surface area contributed by atoms with Gasteiger partial charge >= 0.3 is 0 Å². The third kappa shape index (κ3) is 3.64. The van der Waals surface area contributed by atoms with Gasteiger partial charge in [-0.15, -0.1) is 0 Å². The highest BCUT2D eigenvalue weighted by molar-refractivity contribution is 5.93. The summed E-state index contributed by atoms with van der Waals surface area (Å²) in [6.45, 7) is 12.0. The Bertz CT molecular complexity index is 741. The van der Waals surface area contributed by atoms with Gasteiger partial charge in [-0.25, -0.2) is 4.98 Å². The van der Waals surface area contributed by atoms with Crippen LogP contribution in [0.15, 0.2) is 24.3 Å². The highest BCUT2D eigenvalue weighted by atomic mass is 16.5. The van der Waals surface area contributed by atoms with Crippen LogP contribution in [0.25, 0.3) is 10.9 Å². The van der Waals surface area contributed by atoms with E-state index in [1.165, 1.54) is 0 Å². The molecule has 0 amide bonds. The van der Waals surface area contributed by atoms with Crippen LogP contribution < -0.4 is 5.32 Å². The zero-order valence-electron chi connectivity index (χ0n) is 15.7. The molecular weight excluding hydrogens is 314 g/mol. The minimum atomic E-state index is -0.419. The predicted octanol–water partition coefficient (Wildman–Crippen LogP) is 3.11. The van der Waals surface area contributed by atoms with E-state index in [-0.39, 0.29) is 5.60 Å². The van der Waals surface area contributed by atoms with E-state index >= 15 is 0 Å². The summed E-state index contributed by atoms with van der Waals surface area (Å²) < 4.78 is 5.96. The molecule has 0 radical (unpaired) electrons. The maximum atomic E-state index is 10.4. The molecule has 5 heteroatoms. The number of fused-ring (bicyclic) bond motifs is 2. The molecule has 1 aromatic heterocycles. The number of rotatable bonds is 7. The monoisotopic (exact) mass is 343 g/mol. The molecule has 1 aliphatic rings. The van der Waals surface area contributed by atoms with Crippen LogP contribution >= 0.6 is 0 Å². The minimum absolute atomic E-state index is 0.379. The van der Waals surface area contributed by atoms with Crippen molar-refractivity contribution in [3.63, 3.8) is 0 Å². The molecule has 0 saturated carbocycles. The first-order valence-electron chi connectivity index (χ1n) is 9.16. The summed E-state index contributed by atoms with van der Waals surface area (Å²) in [6.07, 6.45) is -0.419. The molecule has 0 aliphatic carbocycles. The second-order valence-electron chi connectivity index (χ2n) is 7.15. The van der Waals surface area contributed by atoms with Gasteiger partial charge in [0.25, 0.3) is 0 Å². The molecule has 1 atom stereocenters. The van der Waals surface area contributed by atoms with Crippen molar-refractivity contribution in [1.82, 2.24) is 9.88 Å². The van der Waals surface area contributed by atoms with Crippen molar-refractivity contribution in [1.29, 1.82) is 0 Å². The molecule has 2 N–H and O–H groups in total. The fourth-order valence-electron chi connectivity index (χ4n) is 3.48. The maximum absolute atomic E-state index is 10.4. The lowest BCUT2D eigenvalue weighted by atomic mass is 9.99. The van der Waals surface area contributed by atoms with Crippen molar-refractivity contribution in [2.45, 2.75) is 46.0 Å². The Balaban J connectivity index is 1.88. The van der Waals surface area contributed by atoms with E-state index in [9.17, 15) is 5.11 Å². The van der Waals surface area contributed by atoms with Gasteiger partial charge in [-0.2, -0.15) is 0 Å². The number of aromatic nitrogens is 1. The highest BCUT2D eigenvalue weighted by Gasteiger charge is 2.35. The SMILES string of the molecule is CCN(CC)CC(O)CNc1c2c(nc3ccccc13)C(C)(C)OC2. The smallest absolute Gasteiger partial charge is 0.105 e. The molecule has 2 heterocycles. The van der Waals surface area contributed by atoms with Gasteiger partial charge in [0.2, 0.25) is 0 Å². The van der Waals surface area contributed by atoms with Crippen LogP contribution in [0.4, 0.5) is 5.69 Å². The van der Waals surface area contributed by atoms with Crippen LogP contribution in [0, 0.1) is 0 Å². The topological polar surface area (TPSA) is 57.6 Å². The molecule has 1 aromatic carbocycles. The first kappa shape index (κ1) is 18.1. The number of anilines is 1. The van der Waals surface area contributed by atoms with Crippen LogP contribution in [0.2, 0.25) is 0 Å². The number of aliphatic hydroxyl groups excluding tert-OH is 1. The molecule has 1 aliphatic heterocycles. The summed E-state index contributed by atoms with van der Waals surface area (Å²) in [7, 11) is 0. The Morgan fingerprint density at radius 2 is 2.00 bits per heavy atom. The summed E-state index contributed by atoms with van der Waals surface area (Å²) in [5.41, 5.74) is 3.73. The van der Waals surface area contributed by atoms with Gasteiger partial charge in [-0.3, -0.25) is 0 Å². The lowest BCUT2D eigenvalue weighted by Gasteiger charge is -2.23. The quantitative estimate of drug-likeness (QED) is 0.809. The normalized spacial score (nSPS) is 17.0. The summed E-state index contributed by atoms with van der Waals surface area (Å²) in [6, 6.07) is 8.13. The van der Waals surface area contributed by atoms with Crippen molar-refractivity contribution in [3.8, 4) is 0 Å². The lowest BCUT2D eigenvalue weighted by Crippen LogP contribution is -2.36. The van der Waals surface area contributed by atoms with Crippen LogP contribution in [-0.2, 0) is 16.9 Å².